The second-order valence-electron chi connectivity index (χ2n) is 9.78. The predicted molar refractivity (Wildman–Crippen MR) is 125 cm³/mol. The van der Waals surface area contributed by atoms with Crippen LogP contribution in [0.5, 0.6) is 0 Å². The van der Waals surface area contributed by atoms with Gasteiger partial charge in [-0.15, -0.1) is 0 Å². The number of rotatable bonds is 6. The van der Waals surface area contributed by atoms with Gasteiger partial charge in [0, 0.05) is 29.8 Å². The van der Waals surface area contributed by atoms with Crippen molar-refractivity contribution in [1.29, 1.82) is 0 Å². The van der Waals surface area contributed by atoms with Gasteiger partial charge < -0.3 is 15.0 Å². The molecule has 2 heterocycles. The summed E-state index contributed by atoms with van der Waals surface area (Å²) >= 11 is 0. The van der Waals surface area contributed by atoms with Gasteiger partial charge in [-0.05, 0) is 42.7 Å². The molecule has 0 unspecified atom stereocenters. The Labute approximate surface area is 215 Å². The smallest absolute Gasteiger partial charge is 0.381 e. The number of halogens is 5. The molecule has 0 radical (unpaired) electrons. The second-order valence-corrected chi connectivity index (χ2v) is 11.8. The van der Waals surface area contributed by atoms with Crippen molar-refractivity contribution in [3.8, 4) is 0 Å². The zero-order chi connectivity index (χ0) is 28.0. The van der Waals surface area contributed by atoms with Crippen molar-refractivity contribution >= 4 is 21.7 Å². The molecule has 0 aromatic heterocycles. The van der Waals surface area contributed by atoms with E-state index in [1.165, 1.54) is 4.90 Å². The number of hydrogen-bond acceptors (Lipinski definition) is 5. The Hall–Kier alpha value is -3.06. The minimum absolute atomic E-state index is 0.119. The fraction of sp³-hybridized carbons (Fsp3) is 0.440. The summed E-state index contributed by atoms with van der Waals surface area (Å²) in [6.07, 6.45) is -3.66. The number of carbonyl (C=O) groups excluding carboxylic acids is 2. The first-order valence-electron chi connectivity index (χ1n) is 11.7. The lowest BCUT2D eigenvalue weighted by molar-refractivity contribution is -0.138. The quantitative estimate of drug-likeness (QED) is 0.544. The van der Waals surface area contributed by atoms with Crippen molar-refractivity contribution in [3.05, 3.63) is 64.7 Å². The molecule has 0 saturated carbocycles. The molecule has 1 N–H and O–H groups in total. The monoisotopic (exact) mass is 560 g/mol. The molecular formula is C25H25F5N2O5S. The maximum absolute atomic E-state index is 14.8. The van der Waals surface area contributed by atoms with E-state index in [1.807, 2.05) is 0 Å². The van der Waals surface area contributed by atoms with E-state index in [0.29, 0.717) is 6.07 Å². The molecule has 4 rings (SSSR count). The minimum atomic E-state index is -4.74. The van der Waals surface area contributed by atoms with E-state index in [2.05, 4.69) is 5.32 Å². The predicted octanol–water partition coefficient (Wildman–Crippen LogP) is 3.74. The number of hydrogen-bond donors (Lipinski definition) is 1. The molecule has 3 atom stereocenters. The van der Waals surface area contributed by atoms with Crippen LogP contribution < -0.4 is 5.32 Å². The van der Waals surface area contributed by atoms with Crippen LogP contribution in [0, 0.1) is 23.5 Å². The fourth-order valence-electron chi connectivity index (χ4n) is 4.69. The number of nitrogens with one attached hydrogen (secondary N) is 1. The Morgan fingerprint density at radius 3 is 2.34 bits per heavy atom. The van der Waals surface area contributed by atoms with Gasteiger partial charge in [-0.2, -0.15) is 13.2 Å². The van der Waals surface area contributed by atoms with Crippen LogP contribution in [0.2, 0.25) is 0 Å². The Balaban J connectivity index is 1.60. The van der Waals surface area contributed by atoms with E-state index in [0.717, 1.165) is 36.6 Å². The lowest BCUT2D eigenvalue weighted by Crippen LogP contribution is -2.50. The van der Waals surface area contributed by atoms with E-state index in [4.69, 9.17) is 4.74 Å². The van der Waals surface area contributed by atoms with Gasteiger partial charge in [0.1, 0.15) is 17.7 Å². The number of amides is 2. The zero-order valence-corrected chi connectivity index (χ0v) is 21.2. The molecule has 38 heavy (non-hydrogen) atoms. The summed E-state index contributed by atoms with van der Waals surface area (Å²) in [5, 5.41) is 2.68. The summed E-state index contributed by atoms with van der Waals surface area (Å²) < 4.78 is 96.9. The van der Waals surface area contributed by atoms with Gasteiger partial charge in [0.2, 0.25) is 5.91 Å². The standard InChI is InChI=1S/C25H25F5N2O5S/c1-13-5-21(32(10-13)24(34)14-6-17(26)9-18(7-14)38(2,35)36)23(33)31-22(15-11-37-12-15)19-4-3-16(8-20(19)27)25(28,29)30/h3-4,6-9,13,15,21-22H,5,10-12H2,1-2H3,(H,31,33)/t13-,21-,22-/m1/s1. The van der Waals surface area contributed by atoms with Crippen molar-refractivity contribution in [2.24, 2.45) is 11.8 Å². The van der Waals surface area contributed by atoms with Gasteiger partial charge in [-0.1, -0.05) is 13.0 Å². The van der Waals surface area contributed by atoms with Crippen molar-refractivity contribution < 1.29 is 44.7 Å². The Morgan fingerprint density at radius 2 is 1.79 bits per heavy atom. The maximum Gasteiger partial charge on any atom is 0.416 e. The lowest BCUT2D eigenvalue weighted by atomic mass is 9.90. The van der Waals surface area contributed by atoms with Gasteiger partial charge >= 0.3 is 6.18 Å². The first-order chi connectivity index (χ1) is 17.6. The number of nitrogens with zero attached hydrogens (tertiary/aromatic N) is 1. The molecule has 2 amide bonds. The molecule has 2 aromatic rings. The summed E-state index contributed by atoms with van der Waals surface area (Å²) in [6, 6.07) is 2.69. The van der Waals surface area contributed by atoms with Crippen molar-refractivity contribution in [3.63, 3.8) is 0 Å². The molecule has 2 aliphatic rings. The third-order valence-corrected chi connectivity index (χ3v) is 7.81. The van der Waals surface area contributed by atoms with Crippen molar-refractivity contribution in [1.82, 2.24) is 10.2 Å². The minimum Gasteiger partial charge on any atom is -0.381 e. The third-order valence-electron chi connectivity index (χ3n) is 6.72. The Morgan fingerprint density at radius 1 is 1.11 bits per heavy atom. The highest BCUT2D eigenvalue weighted by Crippen LogP contribution is 2.35. The van der Waals surface area contributed by atoms with E-state index in [1.54, 1.807) is 6.92 Å². The van der Waals surface area contributed by atoms with Gasteiger partial charge in [0.25, 0.3) is 5.91 Å². The van der Waals surface area contributed by atoms with Crippen LogP contribution in [0.25, 0.3) is 0 Å². The maximum atomic E-state index is 14.8. The first-order valence-corrected chi connectivity index (χ1v) is 13.6. The summed E-state index contributed by atoms with van der Waals surface area (Å²) in [5.74, 6) is -4.06. The summed E-state index contributed by atoms with van der Waals surface area (Å²) in [4.78, 5) is 27.5. The Bertz CT molecular complexity index is 1360. The van der Waals surface area contributed by atoms with Gasteiger partial charge in [-0.3, -0.25) is 9.59 Å². The number of ether oxygens (including phenoxy) is 1. The highest BCUT2D eigenvalue weighted by molar-refractivity contribution is 7.90. The molecular weight excluding hydrogens is 535 g/mol. The zero-order valence-electron chi connectivity index (χ0n) is 20.4. The van der Waals surface area contributed by atoms with Crippen molar-refractivity contribution in [2.75, 3.05) is 26.0 Å². The number of likely N-dealkylation sites (tertiary alicyclic amines) is 1. The number of sulfone groups is 1. The van der Waals surface area contributed by atoms with E-state index in [9.17, 15) is 40.0 Å². The molecule has 2 aliphatic heterocycles. The average molecular weight is 561 g/mol. The van der Waals surface area contributed by atoms with Gasteiger partial charge in [0.05, 0.1) is 29.7 Å². The number of carbonyl (C=O) groups is 2. The molecule has 2 saturated heterocycles. The van der Waals surface area contributed by atoms with Gasteiger partial charge in [0.15, 0.2) is 9.84 Å². The topological polar surface area (TPSA) is 92.8 Å². The number of alkyl halides is 3. The largest absolute Gasteiger partial charge is 0.416 e. The fourth-order valence-corrected chi connectivity index (χ4v) is 5.35. The van der Waals surface area contributed by atoms with Crippen LogP contribution >= 0.6 is 0 Å². The molecule has 7 nitrogen and oxygen atoms in total. The van der Waals surface area contributed by atoms with Crippen LogP contribution in [-0.4, -0.2) is 57.2 Å². The van der Waals surface area contributed by atoms with Crippen molar-refractivity contribution in [2.45, 2.75) is 36.5 Å². The SMILES string of the molecule is C[C@@H]1C[C@H](C(=O)N[C@@H](c2ccc(C(F)(F)F)cc2F)C2COC2)N(C(=O)c2cc(F)cc(S(C)(=O)=O)c2)C1. The van der Waals surface area contributed by atoms with E-state index in [-0.39, 0.29) is 43.2 Å². The molecule has 13 heteroatoms. The normalized spacial score (nSPS) is 21.2. The summed E-state index contributed by atoms with van der Waals surface area (Å²) in [7, 11) is -3.82. The number of benzene rings is 2. The van der Waals surface area contributed by atoms with Gasteiger partial charge in [-0.25, -0.2) is 17.2 Å². The highest BCUT2D eigenvalue weighted by Gasteiger charge is 2.41. The molecule has 0 spiro atoms. The van der Waals surface area contributed by atoms with E-state index < -0.39 is 67.9 Å². The molecule has 2 aromatic carbocycles. The lowest BCUT2D eigenvalue weighted by Gasteiger charge is -2.36. The van der Waals surface area contributed by atoms with Crippen LogP contribution in [-0.2, 0) is 25.5 Å². The molecule has 0 bridgehead atoms. The summed E-state index contributed by atoms with van der Waals surface area (Å²) in [6.45, 7) is 2.20. The van der Waals surface area contributed by atoms with Crippen LogP contribution in [0.3, 0.4) is 0 Å². The van der Waals surface area contributed by atoms with Crippen LogP contribution in [0.1, 0.15) is 40.9 Å². The molecule has 206 valence electrons. The third kappa shape index (κ3) is 5.83. The molecule has 0 aliphatic carbocycles. The average Bonchev–Trinajstić information content (AvgIpc) is 3.17. The second kappa shape index (κ2) is 10.3. The van der Waals surface area contributed by atoms with Crippen LogP contribution in [0.4, 0.5) is 22.0 Å². The Kier molecular flexibility index (Phi) is 7.54. The van der Waals surface area contributed by atoms with Crippen LogP contribution in [0.15, 0.2) is 41.3 Å². The molecule has 2 fully saturated rings. The first kappa shape index (κ1) is 28.0. The highest BCUT2D eigenvalue weighted by atomic mass is 32.2. The van der Waals surface area contributed by atoms with E-state index >= 15 is 0 Å². The summed E-state index contributed by atoms with van der Waals surface area (Å²) in [5.41, 5.74) is -1.57.